The summed E-state index contributed by atoms with van der Waals surface area (Å²) in [5.74, 6) is 7.30. The van der Waals surface area contributed by atoms with Crippen molar-refractivity contribution >= 4 is 23.2 Å². The Bertz CT molecular complexity index is 740. The third-order valence-corrected chi connectivity index (χ3v) is 3.60. The van der Waals surface area contributed by atoms with Gasteiger partial charge < -0.3 is 5.43 Å². The number of rotatable bonds is 4. The highest BCUT2D eigenvalue weighted by Gasteiger charge is 2.08. The summed E-state index contributed by atoms with van der Waals surface area (Å²) in [6.45, 7) is 1.91. The lowest BCUT2D eigenvalue weighted by Crippen LogP contribution is -2.10. The molecule has 0 aromatic carbocycles. The zero-order valence-electron chi connectivity index (χ0n) is 10.8. The summed E-state index contributed by atoms with van der Waals surface area (Å²) in [5, 5.41) is 9.07. The molecular formula is C12H13N7S. The Morgan fingerprint density at radius 2 is 2.20 bits per heavy atom. The molecule has 0 aliphatic rings. The normalized spacial score (nSPS) is 10.9. The van der Waals surface area contributed by atoms with Crippen molar-refractivity contribution in [2.24, 2.45) is 5.84 Å². The summed E-state index contributed by atoms with van der Waals surface area (Å²) < 4.78 is 1.93. The van der Waals surface area contributed by atoms with Gasteiger partial charge in [0.25, 0.3) is 0 Å². The van der Waals surface area contributed by atoms with Gasteiger partial charge in [-0.2, -0.15) is 0 Å². The molecule has 0 saturated carbocycles. The molecular weight excluding hydrogens is 274 g/mol. The van der Waals surface area contributed by atoms with E-state index in [1.54, 1.807) is 6.07 Å². The summed E-state index contributed by atoms with van der Waals surface area (Å²) in [4.78, 5) is 8.68. The number of hydrazine groups is 1. The van der Waals surface area contributed by atoms with Gasteiger partial charge in [0.15, 0.2) is 10.8 Å². The summed E-state index contributed by atoms with van der Waals surface area (Å²) in [5.41, 5.74) is 4.23. The van der Waals surface area contributed by atoms with Crippen molar-refractivity contribution in [2.45, 2.75) is 17.8 Å². The largest absolute Gasteiger partial charge is 0.308 e. The van der Waals surface area contributed by atoms with Crippen LogP contribution in [0, 0.1) is 6.92 Å². The third-order valence-electron chi connectivity index (χ3n) is 2.66. The Hall–Kier alpha value is -2.19. The van der Waals surface area contributed by atoms with E-state index in [1.807, 2.05) is 35.7 Å². The summed E-state index contributed by atoms with van der Waals surface area (Å²) in [6, 6.07) is 7.58. The maximum Gasteiger partial charge on any atom is 0.196 e. The minimum Gasteiger partial charge on any atom is -0.308 e. The first kappa shape index (κ1) is 12.8. The molecule has 7 nitrogen and oxygen atoms in total. The number of nitrogens with two attached hydrogens (primary N) is 1. The Morgan fingerprint density at radius 1 is 1.30 bits per heavy atom. The number of pyridine rings is 1. The second-order valence-corrected chi connectivity index (χ2v) is 5.10. The zero-order valence-corrected chi connectivity index (χ0v) is 11.6. The Balaban J connectivity index is 1.81. The predicted molar refractivity (Wildman–Crippen MR) is 77.1 cm³/mol. The highest BCUT2D eigenvalue weighted by Crippen LogP contribution is 2.20. The van der Waals surface area contributed by atoms with Crippen LogP contribution in [-0.4, -0.2) is 24.6 Å². The molecule has 3 N–H and O–H groups in total. The number of aromatic nitrogens is 5. The molecule has 3 heterocycles. The van der Waals surface area contributed by atoms with E-state index in [9.17, 15) is 0 Å². The molecule has 0 aliphatic heterocycles. The van der Waals surface area contributed by atoms with E-state index in [0.29, 0.717) is 17.4 Å². The topological polar surface area (TPSA) is 94.0 Å². The maximum atomic E-state index is 5.38. The van der Waals surface area contributed by atoms with Crippen LogP contribution in [-0.2, 0) is 5.75 Å². The highest BCUT2D eigenvalue weighted by atomic mass is 32.2. The number of nitrogens with one attached hydrogen (secondary N) is 1. The van der Waals surface area contributed by atoms with E-state index in [0.717, 1.165) is 16.5 Å². The van der Waals surface area contributed by atoms with Crippen LogP contribution in [0.15, 0.2) is 35.6 Å². The average Bonchev–Trinajstić information content (AvgIpc) is 2.88. The number of aryl methyl sites for hydroxylation is 1. The Morgan fingerprint density at radius 3 is 3.05 bits per heavy atom. The van der Waals surface area contributed by atoms with Gasteiger partial charge in [-0.05, 0) is 19.1 Å². The first-order chi connectivity index (χ1) is 9.76. The quantitative estimate of drug-likeness (QED) is 0.425. The van der Waals surface area contributed by atoms with Crippen LogP contribution in [0.25, 0.3) is 5.65 Å². The van der Waals surface area contributed by atoms with Crippen LogP contribution in [0.5, 0.6) is 0 Å². The van der Waals surface area contributed by atoms with Gasteiger partial charge in [-0.25, -0.2) is 15.8 Å². The van der Waals surface area contributed by atoms with Gasteiger partial charge in [-0.15, -0.1) is 10.2 Å². The van der Waals surface area contributed by atoms with Crippen LogP contribution >= 0.6 is 11.8 Å². The fourth-order valence-corrected chi connectivity index (χ4v) is 2.59. The Labute approximate surface area is 119 Å². The first-order valence-corrected chi connectivity index (χ1v) is 6.98. The van der Waals surface area contributed by atoms with Crippen molar-refractivity contribution in [3.63, 3.8) is 0 Å². The van der Waals surface area contributed by atoms with Gasteiger partial charge in [-0.1, -0.05) is 17.8 Å². The van der Waals surface area contributed by atoms with Gasteiger partial charge in [0.2, 0.25) is 0 Å². The second-order valence-electron chi connectivity index (χ2n) is 4.16. The number of nitrogens with zero attached hydrogens (tertiary/aromatic N) is 5. The van der Waals surface area contributed by atoms with Crippen LogP contribution in [0.3, 0.4) is 0 Å². The highest BCUT2D eigenvalue weighted by molar-refractivity contribution is 7.98. The molecule has 0 saturated heterocycles. The van der Waals surface area contributed by atoms with E-state index in [4.69, 9.17) is 5.84 Å². The standard InChI is InChI=1S/C12H13N7S/c1-8-6-9(16-13)15-10(14-8)7-20-12-18-17-11-4-2-3-5-19(11)12/h2-6H,7,13H2,1H3,(H,14,15,16). The molecule has 3 aromatic rings. The molecule has 0 atom stereocenters. The van der Waals surface area contributed by atoms with Gasteiger partial charge in [0.05, 0.1) is 5.75 Å². The van der Waals surface area contributed by atoms with E-state index < -0.39 is 0 Å². The molecule has 0 unspecified atom stereocenters. The summed E-state index contributed by atoms with van der Waals surface area (Å²) in [6.07, 6.45) is 1.93. The van der Waals surface area contributed by atoms with Gasteiger partial charge >= 0.3 is 0 Å². The molecule has 0 spiro atoms. The van der Waals surface area contributed by atoms with Crippen LogP contribution in [0.4, 0.5) is 5.82 Å². The summed E-state index contributed by atoms with van der Waals surface area (Å²) >= 11 is 1.53. The van der Waals surface area contributed by atoms with Crippen molar-refractivity contribution < 1.29 is 0 Å². The monoisotopic (exact) mass is 287 g/mol. The van der Waals surface area contributed by atoms with Crippen molar-refractivity contribution in [1.29, 1.82) is 0 Å². The van der Waals surface area contributed by atoms with Crippen LogP contribution in [0.1, 0.15) is 11.5 Å². The number of nitrogen functional groups attached to an aromatic ring is 1. The van der Waals surface area contributed by atoms with E-state index in [2.05, 4.69) is 25.6 Å². The molecule has 20 heavy (non-hydrogen) atoms. The molecule has 3 aromatic heterocycles. The molecule has 3 rings (SSSR count). The fraction of sp³-hybridized carbons (Fsp3) is 0.167. The lowest BCUT2D eigenvalue weighted by molar-refractivity contribution is 0.915. The molecule has 0 bridgehead atoms. The molecule has 8 heteroatoms. The first-order valence-electron chi connectivity index (χ1n) is 6.00. The molecule has 0 radical (unpaired) electrons. The van der Waals surface area contributed by atoms with Crippen molar-refractivity contribution in [3.8, 4) is 0 Å². The predicted octanol–water partition coefficient (Wildman–Crippen LogP) is 1.41. The smallest absolute Gasteiger partial charge is 0.196 e. The molecule has 0 aliphatic carbocycles. The SMILES string of the molecule is Cc1cc(NN)nc(CSc2nnc3ccccn23)n1. The van der Waals surface area contributed by atoms with Crippen LogP contribution < -0.4 is 11.3 Å². The molecule has 102 valence electrons. The van der Waals surface area contributed by atoms with Gasteiger partial charge in [-0.3, -0.25) is 4.40 Å². The number of anilines is 1. The number of hydrogen-bond acceptors (Lipinski definition) is 7. The molecule has 0 amide bonds. The number of fused-ring (bicyclic) bond motifs is 1. The summed E-state index contributed by atoms with van der Waals surface area (Å²) in [7, 11) is 0. The zero-order chi connectivity index (χ0) is 13.9. The average molecular weight is 287 g/mol. The van der Waals surface area contributed by atoms with Gasteiger partial charge in [0, 0.05) is 18.0 Å². The number of thioether (sulfide) groups is 1. The minimum atomic E-state index is 0.603. The third kappa shape index (κ3) is 2.56. The van der Waals surface area contributed by atoms with Gasteiger partial charge in [0.1, 0.15) is 11.6 Å². The maximum absolute atomic E-state index is 5.38. The lowest BCUT2D eigenvalue weighted by atomic mass is 10.4. The Kier molecular flexibility index (Phi) is 3.48. The van der Waals surface area contributed by atoms with E-state index in [-0.39, 0.29) is 0 Å². The second kappa shape index (κ2) is 5.43. The van der Waals surface area contributed by atoms with Crippen molar-refractivity contribution in [2.75, 3.05) is 5.43 Å². The molecule has 0 fully saturated rings. The lowest BCUT2D eigenvalue weighted by Gasteiger charge is -2.04. The number of hydrogen-bond donors (Lipinski definition) is 2. The van der Waals surface area contributed by atoms with Crippen molar-refractivity contribution in [3.05, 3.63) is 42.0 Å². The van der Waals surface area contributed by atoms with Crippen LogP contribution in [0.2, 0.25) is 0 Å². The fourth-order valence-electron chi connectivity index (χ4n) is 1.82. The van der Waals surface area contributed by atoms with Crippen molar-refractivity contribution in [1.82, 2.24) is 24.6 Å². The minimum absolute atomic E-state index is 0.603. The van der Waals surface area contributed by atoms with E-state index >= 15 is 0 Å². The van der Waals surface area contributed by atoms with E-state index in [1.165, 1.54) is 11.8 Å².